The van der Waals surface area contributed by atoms with Crippen LogP contribution in [0.15, 0.2) is 24.3 Å². The zero-order valence-electron chi connectivity index (χ0n) is 16.5. The zero-order chi connectivity index (χ0) is 23.4. The van der Waals surface area contributed by atoms with Crippen LogP contribution >= 0.6 is 0 Å². The van der Waals surface area contributed by atoms with Gasteiger partial charge >= 0.3 is 23.9 Å². The number of halogens is 1. The Morgan fingerprint density at radius 3 is 1.90 bits per heavy atom. The lowest BCUT2D eigenvalue weighted by Crippen LogP contribution is -2.51. The van der Waals surface area contributed by atoms with E-state index in [9.17, 15) is 33.5 Å². The summed E-state index contributed by atoms with van der Waals surface area (Å²) in [6.45, 7) is 0.227. The molecule has 0 aliphatic rings. The number of benzene rings is 1. The van der Waals surface area contributed by atoms with Crippen LogP contribution in [0.4, 0.5) is 9.18 Å². The molecule has 0 aliphatic heterocycles. The van der Waals surface area contributed by atoms with Crippen LogP contribution in [0.2, 0.25) is 0 Å². The highest BCUT2D eigenvalue weighted by Gasteiger charge is 2.24. The molecule has 0 saturated heterocycles. The van der Waals surface area contributed by atoms with Crippen LogP contribution in [0.5, 0.6) is 0 Å². The first-order valence-electron chi connectivity index (χ1n) is 9.38. The topological polar surface area (TPSA) is 182 Å². The van der Waals surface area contributed by atoms with E-state index in [4.69, 9.17) is 10.2 Å². The van der Waals surface area contributed by atoms with Crippen molar-refractivity contribution in [3.63, 3.8) is 0 Å². The van der Waals surface area contributed by atoms with Gasteiger partial charge in [0, 0.05) is 18.5 Å². The predicted molar refractivity (Wildman–Crippen MR) is 104 cm³/mol. The summed E-state index contributed by atoms with van der Waals surface area (Å²) in [6, 6.07) is 1.13. The third-order valence-corrected chi connectivity index (χ3v) is 4.17. The molecule has 6 N–H and O–H groups in total. The number of carbonyl (C=O) groups is 5. The van der Waals surface area contributed by atoms with E-state index in [1.807, 2.05) is 5.32 Å². The second-order valence-electron chi connectivity index (χ2n) is 6.59. The SMILES string of the molecule is O=C(O)CCC(NC(=O)NC(CCCCNC(=O)c1ccc([18F])cc1)C(=O)O)C(=O)O. The fraction of sp³-hybridized carbons (Fsp3) is 0.421. The van der Waals surface area contributed by atoms with Crippen molar-refractivity contribution in [1.82, 2.24) is 16.0 Å². The Morgan fingerprint density at radius 2 is 1.39 bits per heavy atom. The van der Waals surface area contributed by atoms with Crippen LogP contribution in [0.25, 0.3) is 0 Å². The molecule has 0 fully saturated rings. The Bertz CT molecular complexity index is 800. The number of unbranched alkanes of at least 4 members (excludes halogenated alkanes) is 1. The number of amides is 3. The maximum Gasteiger partial charge on any atom is 0.326 e. The van der Waals surface area contributed by atoms with Crippen molar-refractivity contribution in [2.45, 2.75) is 44.2 Å². The minimum Gasteiger partial charge on any atom is -0.481 e. The van der Waals surface area contributed by atoms with Gasteiger partial charge in [0.05, 0.1) is 0 Å². The van der Waals surface area contributed by atoms with Crippen LogP contribution in [0, 0.1) is 5.82 Å². The second kappa shape index (κ2) is 12.8. The average molecular weight is 440 g/mol. The van der Waals surface area contributed by atoms with Gasteiger partial charge in [0.2, 0.25) is 0 Å². The first-order chi connectivity index (χ1) is 14.6. The quantitative estimate of drug-likeness (QED) is 0.243. The largest absolute Gasteiger partial charge is 0.481 e. The van der Waals surface area contributed by atoms with Crippen molar-refractivity contribution >= 4 is 29.8 Å². The van der Waals surface area contributed by atoms with Crippen LogP contribution in [0.3, 0.4) is 0 Å². The first kappa shape index (κ1) is 25.3. The van der Waals surface area contributed by atoms with Crippen LogP contribution < -0.4 is 16.0 Å². The molecule has 0 aromatic heterocycles. The minimum atomic E-state index is -1.48. The number of carbonyl (C=O) groups excluding carboxylic acids is 2. The van der Waals surface area contributed by atoms with Gasteiger partial charge in [-0.05, 0) is 49.9 Å². The molecule has 3 amide bonds. The van der Waals surface area contributed by atoms with Gasteiger partial charge < -0.3 is 31.3 Å². The van der Waals surface area contributed by atoms with Gasteiger partial charge in [0.1, 0.15) is 17.9 Å². The predicted octanol–water partition coefficient (Wildman–Crippen LogP) is 0.796. The van der Waals surface area contributed by atoms with Crippen LogP contribution in [-0.4, -0.2) is 63.8 Å². The summed E-state index contributed by atoms with van der Waals surface area (Å²) in [4.78, 5) is 56.7. The van der Waals surface area contributed by atoms with E-state index in [0.29, 0.717) is 12.8 Å². The van der Waals surface area contributed by atoms with Crippen molar-refractivity contribution < 1.29 is 43.7 Å². The molecule has 0 aliphatic carbocycles. The lowest BCUT2D eigenvalue weighted by molar-refractivity contribution is -0.140. The van der Waals surface area contributed by atoms with Gasteiger partial charge in [-0.1, -0.05) is 0 Å². The first-order valence-corrected chi connectivity index (χ1v) is 9.38. The number of aliphatic carboxylic acids is 3. The number of hydrogen-bond donors (Lipinski definition) is 6. The molecule has 12 heteroatoms. The van der Waals surface area contributed by atoms with E-state index < -0.39 is 54.2 Å². The highest BCUT2D eigenvalue weighted by Crippen LogP contribution is 2.05. The molecule has 170 valence electrons. The highest BCUT2D eigenvalue weighted by molar-refractivity contribution is 5.94. The Balaban J connectivity index is 2.41. The van der Waals surface area contributed by atoms with E-state index >= 15 is 0 Å². The Morgan fingerprint density at radius 1 is 0.839 bits per heavy atom. The smallest absolute Gasteiger partial charge is 0.326 e. The van der Waals surface area contributed by atoms with Crippen molar-refractivity contribution in [1.29, 1.82) is 0 Å². The zero-order valence-corrected chi connectivity index (χ0v) is 16.5. The summed E-state index contributed by atoms with van der Waals surface area (Å²) in [5, 5.41) is 33.6. The molecule has 2 atom stereocenters. The number of carboxylic acids is 3. The summed E-state index contributed by atoms with van der Waals surface area (Å²) in [7, 11) is 0. The van der Waals surface area contributed by atoms with Gasteiger partial charge in [-0.3, -0.25) is 9.59 Å². The molecule has 1 aromatic carbocycles. The number of nitrogens with one attached hydrogen (secondary N) is 3. The normalized spacial score (nSPS) is 12.3. The molecule has 11 nitrogen and oxygen atoms in total. The number of hydrogen-bond acceptors (Lipinski definition) is 5. The van der Waals surface area contributed by atoms with E-state index in [2.05, 4.69) is 10.6 Å². The fourth-order valence-corrected chi connectivity index (χ4v) is 2.52. The number of carboxylic acid groups (broad SMARTS) is 3. The van der Waals surface area contributed by atoms with Gasteiger partial charge in [-0.2, -0.15) is 0 Å². The molecule has 0 spiro atoms. The molecule has 0 bridgehead atoms. The minimum absolute atomic E-state index is 0.0159. The molecule has 1 aromatic rings. The Kier molecular flexibility index (Phi) is 10.4. The van der Waals surface area contributed by atoms with E-state index in [0.717, 1.165) is 12.1 Å². The molecular weight excluding hydrogens is 416 g/mol. The van der Waals surface area contributed by atoms with Crippen molar-refractivity contribution in [3.8, 4) is 0 Å². The monoisotopic (exact) mass is 440 g/mol. The van der Waals surface area contributed by atoms with E-state index in [1.54, 1.807) is 0 Å². The van der Waals surface area contributed by atoms with Gasteiger partial charge in [0.15, 0.2) is 0 Å². The Hall–Kier alpha value is -3.70. The summed E-state index contributed by atoms with van der Waals surface area (Å²) in [5.41, 5.74) is 0.277. The average Bonchev–Trinajstić information content (AvgIpc) is 2.69. The molecule has 0 saturated carbocycles. The van der Waals surface area contributed by atoms with E-state index in [1.165, 1.54) is 12.1 Å². The van der Waals surface area contributed by atoms with Crippen LogP contribution in [-0.2, 0) is 14.4 Å². The summed E-state index contributed by atoms with van der Waals surface area (Å²) >= 11 is 0. The number of urea groups is 1. The van der Waals surface area contributed by atoms with Crippen molar-refractivity contribution in [3.05, 3.63) is 35.6 Å². The maximum absolute atomic E-state index is 12.8. The van der Waals surface area contributed by atoms with Crippen molar-refractivity contribution in [2.24, 2.45) is 0 Å². The molecule has 1 rings (SSSR count). The lowest BCUT2D eigenvalue weighted by Gasteiger charge is -2.18. The second-order valence-corrected chi connectivity index (χ2v) is 6.59. The fourth-order valence-electron chi connectivity index (χ4n) is 2.52. The molecule has 31 heavy (non-hydrogen) atoms. The third-order valence-electron chi connectivity index (χ3n) is 4.17. The van der Waals surface area contributed by atoms with Gasteiger partial charge in [0.25, 0.3) is 5.91 Å². The summed E-state index contributed by atoms with van der Waals surface area (Å²) < 4.78 is 12.8. The molecule has 0 radical (unpaired) electrons. The maximum atomic E-state index is 12.8. The third kappa shape index (κ3) is 10.1. The number of rotatable bonds is 13. The van der Waals surface area contributed by atoms with Crippen LogP contribution in [0.1, 0.15) is 42.5 Å². The highest BCUT2D eigenvalue weighted by atomic mass is 18.2. The molecule has 2 unspecified atom stereocenters. The Labute approximate surface area is 176 Å². The summed E-state index contributed by atoms with van der Waals surface area (Å²) in [6.07, 6.45) is -0.104. The standard InChI is InChI=1S/C19H24FN3O8/c20-12-6-4-11(5-7-12)16(26)21-10-2-1-3-13(17(27)28)22-19(31)23-14(18(29)30)8-9-15(24)25/h4-7,13-14H,1-3,8-10H2,(H,21,26)(H,24,25)(H,27,28)(H,29,30)(H2,22,23,31)/i20-1. The van der Waals surface area contributed by atoms with Gasteiger partial charge in [-0.25, -0.2) is 18.8 Å². The summed E-state index contributed by atoms with van der Waals surface area (Å²) in [5.74, 6) is -4.89. The molecular formula is C19H24FN3O8. The lowest BCUT2D eigenvalue weighted by atomic mass is 10.1. The van der Waals surface area contributed by atoms with Gasteiger partial charge in [-0.15, -0.1) is 0 Å². The molecule has 0 heterocycles. The van der Waals surface area contributed by atoms with E-state index in [-0.39, 0.29) is 24.9 Å². The van der Waals surface area contributed by atoms with Crippen molar-refractivity contribution in [2.75, 3.05) is 6.54 Å².